The number of hydrogen-bond donors (Lipinski definition) is 1. The SMILES string of the molecule is C=Cc1ccc(-c2ncccc2-c2ccnc(N)n2)cc1C. The van der Waals surface area contributed by atoms with Crippen LogP contribution in [0.15, 0.2) is 55.4 Å². The van der Waals surface area contributed by atoms with Gasteiger partial charge in [0.25, 0.3) is 0 Å². The van der Waals surface area contributed by atoms with Crippen molar-refractivity contribution in [2.45, 2.75) is 6.92 Å². The number of nitrogens with two attached hydrogens (primary N) is 1. The van der Waals surface area contributed by atoms with Crippen LogP contribution in [0.3, 0.4) is 0 Å². The van der Waals surface area contributed by atoms with Crippen molar-refractivity contribution in [1.82, 2.24) is 15.0 Å². The fourth-order valence-electron chi connectivity index (χ4n) is 2.42. The van der Waals surface area contributed by atoms with E-state index in [4.69, 9.17) is 5.73 Å². The molecule has 0 unspecified atom stereocenters. The summed E-state index contributed by atoms with van der Waals surface area (Å²) in [6.45, 7) is 5.88. The van der Waals surface area contributed by atoms with Crippen LogP contribution in [0.4, 0.5) is 5.95 Å². The number of nitrogen functional groups attached to an aromatic ring is 1. The van der Waals surface area contributed by atoms with Gasteiger partial charge in [-0.05, 0) is 42.3 Å². The maximum Gasteiger partial charge on any atom is 0.220 e. The van der Waals surface area contributed by atoms with E-state index in [-0.39, 0.29) is 5.95 Å². The van der Waals surface area contributed by atoms with Gasteiger partial charge in [-0.1, -0.05) is 24.8 Å². The number of aromatic nitrogens is 3. The van der Waals surface area contributed by atoms with E-state index in [1.54, 1.807) is 12.4 Å². The van der Waals surface area contributed by atoms with Crippen molar-refractivity contribution in [1.29, 1.82) is 0 Å². The fourth-order valence-corrected chi connectivity index (χ4v) is 2.42. The van der Waals surface area contributed by atoms with Gasteiger partial charge in [-0.2, -0.15) is 0 Å². The molecule has 0 aliphatic carbocycles. The van der Waals surface area contributed by atoms with Gasteiger partial charge in [0.15, 0.2) is 0 Å². The molecule has 3 rings (SSSR count). The first-order chi connectivity index (χ1) is 10.7. The van der Waals surface area contributed by atoms with Crippen molar-refractivity contribution >= 4 is 12.0 Å². The molecule has 4 nitrogen and oxygen atoms in total. The molecule has 0 aliphatic rings. The molecular weight excluding hydrogens is 272 g/mol. The van der Waals surface area contributed by atoms with E-state index in [9.17, 15) is 0 Å². The molecule has 0 bridgehead atoms. The molecule has 3 aromatic rings. The summed E-state index contributed by atoms with van der Waals surface area (Å²) in [5.74, 6) is 0.255. The van der Waals surface area contributed by atoms with Gasteiger partial charge in [-0.25, -0.2) is 9.97 Å². The summed E-state index contributed by atoms with van der Waals surface area (Å²) in [5, 5.41) is 0. The second-order valence-corrected chi connectivity index (χ2v) is 4.98. The lowest BCUT2D eigenvalue weighted by Gasteiger charge is -2.10. The zero-order chi connectivity index (χ0) is 15.5. The summed E-state index contributed by atoms with van der Waals surface area (Å²) >= 11 is 0. The predicted octanol–water partition coefficient (Wildman–Crippen LogP) is 3.74. The van der Waals surface area contributed by atoms with Crippen molar-refractivity contribution in [2.24, 2.45) is 0 Å². The molecule has 0 amide bonds. The van der Waals surface area contributed by atoms with Gasteiger partial charge in [-0.3, -0.25) is 4.98 Å². The molecule has 0 radical (unpaired) electrons. The Balaban J connectivity index is 2.16. The standard InChI is InChI=1S/C18H16N4/c1-3-13-6-7-14(11-12(13)2)17-15(5-4-9-20-17)16-8-10-21-18(19)22-16/h3-11H,1H2,2H3,(H2,19,21,22). The van der Waals surface area contributed by atoms with Gasteiger partial charge in [0.2, 0.25) is 5.95 Å². The molecule has 0 fully saturated rings. The normalized spacial score (nSPS) is 10.4. The van der Waals surface area contributed by atoms with E-state index in [0.29, 0.717) is 0 Å². The predicted molar refractivity (Wildman–Crippen MR) is 89.9 cm³/mol. The molecule has 108 valence electrons. The van der Waals surface area contributed by atoms with E-state index in [1.165, 1.54) is 0 Å². The topological polar surface area (TPSA) is 64.7 Å². The second-order valence-electron chi connectivity index (χ2n) is 4.98. The van der Waals surface area contributed by atoms with Crippen molar-refractivity contribution in [3.63, 3.8) is 0 Å². The minimum Gasteiger partial charge on any atom is -0.368 e. The Bertz CT molecular complexity index is 840. The number of benzene rings is 1. The van der Waals surface area contributed by atoms with Gasteiger partial charge < -0.3 is 5.73 Å². The Labute approximate surface area is 129 Å². The molecule has 4 heteroatoms. The van der Waals surface area contributed by atoms with E-state index < -0.39 is 0 Å². The Morgan fingerprint density at radius 1 is 1.09 bits per heavy atom. The highest BCUT2D eigenvalue weighted by Gasteiger charge is 2.11. The van der Waals surface area contributed by atoms with Gasteiger partial charge in [0.1, 0.15) is 0 Å². The lowest BCUT2D eigenvalue weighted by atomic mass is 9.99. The van der Waals surface area contributed by atoms with Crippen LogP contribution in [0.1, 0.15) is 11.1 Å². The number of aryl methyl sites for hydroxylation is 1. The summed E-state index contributed by atoms with van der Waals surface area (Å²) in [5.41, 5.74) is 11.6. The smallest absolute Gasteiger partial charge is 0.220 e. The summed E-state index contributed by atoms with van der Waals surface area (Å²) in [4.78, 5) is 12.8. The molecule has 0 atom stereocenters. The highest BCUT2D eigenvalue weighted by molar-refractivity contribution is 5.79. The molecule has 0 saturated heterocycles. The van der Waals surface area contributed by atoms with E-state index in [0.717, 1.165) is 33.6 Å². The van der Waals surface area contributed by atoms with Crippen LogP contribution in [-0.2, 0) is 0 Å². The third-order valence-corrected chi connectivity index (χ3v) is 3.52. The molecule has 2 N–H and O–H groups in total. The lowest BCUT2D eigenvalue weighted by molar-refractivity contribution is 1.18. The van der Waals surface area contributed by atoms with Crippen LogP contribution in [-0.4, -0.2) is 15.0 Å². The molecule has 0 saturated carbocycles. The number of pyridine rings is 1. The van der Waals surface area contributed by atoms with Gasteiger partial charge >= 0.3 is 0 Å². The van der Waals surface area contributed by atoms with Crippen LogP contribution in [0.25, 0.3) is 28.6 Å². The van der Waals surface area contributed by atoms with E-state index >= 15 is 0 Å². The molecule has 2 aromatic heterocycles. The second kappa shape index (κ2) is 5.77. The van der Waals surface area contributed by atoms with E-state index in [2.05, 4.69) is 34.5 Å². The third kappa shape index (κ3) is 2.59. The first-order valence-electron chi connectivity index (χ1n) is 6.96. The van der Waals surface area contributed by atoms with E-state index in [1.807, 2.05) is 36.4 Å². The Hall–Kier alpha value is -3.01. The highest BCUT2D eigenvalue weighted by Crippen LogP contribution is 2.30. The zero-order valence-corrected chi connectivity index (χ0v) is 12.3. The molecule has 1 aromatic carbocycles. The number of hydrogen-bond acceptors (Lipinski definition) is 4. The van der Waals surface area contributed by atoms with Crippen LogP contribution >= 0.6 is 0 Å². The average Bonchev–Trinajstić information content (AvgIpc) is 2.55. The fraction of sp³-hybridized carbons (Fsp3) is 0.0556. The number of nitrogens with zero attached hydrogens (tertiary/aromatic N) is 3. The highest BCUT2D eigenvalue weighted by atomic mass is 15.0. The lowest BCUT2D eigenvalue weighted by Crippen LogP contribution is -1.97. The Morgan fingerprint density at radius 3 is 2.68 bits per heavy atom. The summed E-state index contributed by atoms with van der Waals surface area (Å²) in [7, 11) is 0. The van der Waals surface area contributed by atoms with Gasteiger partial charge in [0.05, 0.1) is 11.4 Å². The Morgan fingerprint density at radius 2 is 1.95 bits per heavy atom. The largest absolute Gasteiger partial charge is 0.368 e. The monoisotopic (exact) mass is 288 g/mol. The first kappa shape index (κ1) is 13.9. The third-order valence-electron chi connectivity index (χ3n) is 3.52. The molecule has 2 heterocycles. The zero-order valence-electron chi connectivity index (χ0n) is 12.3. The number of rotatable bonds is 3. The minimum atomic E-state index is 0.255. The Kier molecular flexibility index (Phi) is 3.66. The van der Waals surface area contributed by atoms with Crippen molar-refractivity contribution < 1.29 is 0 Å². The summed E-state index contributed by atoms with van der Waals surface area (Å²) in [6.07, 6.45) is 5.28. The molecule has 0 aliphatic heterocycles. The molecule has 22 heavy (non-hydrogen) atoms. The van der Waals surface area contributed by atoms with Crippen LogP contribution in [0.5, 0.6) is 0 Å². The van der Waals surface area contributed by atoms with Crippen molar-refractivity contribution in [3.8, 4) is 22.5 Å². The summed E-state index contributed by atoms with van der Waals surface area (Å²) < 4.78 is 0. The molecule has 0 spiro atoms. The first-order valence-corrected chi connectivity index (χ1v) is 6.96. The summed E-state index contributed by atoms with van der Waals surface area (Å²) in [6, 6.07) is 11.9. The average molecular weight is 288 g/mol. The van der Waals surface area contributed by atoms with Gasteiger partial charge in [-0.15, -0.1) is 0 Å². The van der Waals surface area contributed by atoms with Crippen molar-refractivity contribution in [2.75, 3.05) is 5.73 Å². The molecular formula is C18H16N4. The maximum atomic E-state index is 5.69. The minimum absolute atomic E-state index is 0.255. The van der Waals surface area contributed by atoms with Gasteiger partial charge in [0, 0.05) is 23.5 Å². The van der Waals surface area contributed by atoms with Crippen LogP contribution in [0, 0.1) is 6.92 Å². The number of anilines is 1. The van der Waals surface area contributed by atoms with Crippen LogP contribution < -0.4 is 5.73 Å². The van der Waals surface area contributed by atoms with Crippen LogP contribution in [0.2, 0.25) is 0 Å². The maximum absolute atomic E-state index is 5.69. The quantitative estimate of drug-likeness (QED) is 0.797. The van der Waals surface area contributed by atoms with Crippen molar-refractivity contribution in [3.05, 3.63) is 66.5 Å².